The number of amides is 6. The molecule has 0 saturated carbocycles. The monoisotopic (exact) mass is 724 g/mol. The molecule has 5 heterocycles. The van der Waals surface area contributed by atoms with E-state index in [0.29, 0.717) is 45.2 Å². The molecule has 4 saturated heterocycles. The van der Waals surface area contributed by atoms with Crippen molar-refractivity contribution in [2.24, 2.45) is 5.73 Å². The third-order valence-corrected chi connectivity index (χ3v) is 9.23. The van der Waals surface area contributed by atoms with Crippen LogP contribution in [0.4, 0.5) is 0 Å². The van der Waals surface area contributed by atoms with Gasteiger partial charge in [-0.3, -0.25) is 43.7 Å². The fourth-order valence-corrected chi connectivity index (χ4v) is 6.97. The minimum Gasteiger partial charge on any atom is -0.458 e. The molecule has 0 aromatic heterocycles. The van der Waals surface area contributed by atoms with Gasteiger partial charge in [-0.25, -0.2) is 19.6 Å². The first kappa shape index (κ1) is 38.4. The van der Waals surface area contributed by atoms with E-state index in [1.807, 2.05) is 0 Å². The molecule has 6 amide bonds. The number of fused-ring (bicyclic) bond motifs is 3. The van der Waals surface area contributed by atoms with Crippen molar-refractivity contribution in [2.75, 3.05) is 13.1 Å². The van der Waals surface area contributed by atoms with Crippen LogP contribution in [-0.4, -0.2) is 121 Å². The number of imide groups is 1. The molecule has 5 aliphatic rings. The van der Waals surface area contributed by atoms with Crippen LogP contribution in [0.15, 0.2) is 24.3 Å². The van der Waals surface area contributed by atoms with Crippen LogP contribution < -0.4 is 5.73 Å². The Kier molecular flexibility index (Phi) is 10.8. The van der Waals surface area contributed by atoms with Crippen LogP contribution in [0.2, 0.25) is 0 Å². The number of rotatable bonds is 3. The Bertz CT molecular complexity index is 1630. The number of hydrogen-bond acceptors (Lipinski definition) is 11. The molecule has 1 aromatic carbocycles. The number of nitrogens with two attached hydrogens (primary N) is 1. The molecule has 4 atom stereocenters. The van der Waals surface area contributed by atoms with Gasteiger partial charge in [0.1, 0.15) is 17.2 Å². The number of hydrogen-bond donors (Lipinski definition) is 1. The summed E-state index contributed by atoms with van der Waals surface area (Å²) in [6.07, 6.45) is 2.55. The molecule has 4 fully saturated rings. The number of nitrogens with zero attached hydrogens (tertiary/aromatic N) is 5. The Morgan fingerprint density at radius 3 is 1.52 bits per heavy atom. The van der Waals surface area contributed by atoms with E-state index in [2.05, 4.69) is 0 Å². The lowest BCUT2D eigenvalue weighted by Crippen LogP contribution is -2.63. The van der Waals surface area contributed by atoms with Gasteiger partial charge in [0.25, 0.3) is 23.6 Å². The van der Waals surface area contributed by atoms with E-state index in [1.54, 1.807) is 65.8 Å². The van der Waals surface area contributed by atoms with Gasteiger partial charge in [-0.2, -0.15) is 0 Å². The molecular weight excluding hydrogens is 676 g/mol. The minimum absolute atomic E-state index is 0.0111. The van der Waals surface area contributed by atoms with Crippen LogP contribution in [0.25, 0.3) is 0 Å². The van der Waals surface area contributed by atoms with Crippen LogP contribution in [-0.2, 0) is 38.2 Å². The first-order chi connectivity index (χ1) is 24.3. The van der Waals surface area contributed by atoms with Crippen molar-refractivity contribution in [2.45, 2.75) is 128 Å². The quantitative estimate of drug-likeness (QED) is 0.352. The van der Waals surface area contributed by atoms with E-state index in [4.69, 9.17) is 15.2 Å². The number of benzene rings is 1. The normalized spacial score (nSPS) is 25.4. The molecular formula is C36H48N6O10. The second-order valence-electron chi connectivity index (χ2n) is 15.5. The molecule has 0 aliphatic carbocycles. The SMILES string of the molecule is CC(C)(C)OC(=O)C1CCCN2C(=O)CCC(N)C(=O)N12.CC(C)(C)OC(=O)C1CCCN2C(=O)CCC(N3C(=O)c4ccccc4C3=O)C(=O)N12. The summed E-state index contributed by atoms with van der Waals surface area (Å²) in [5, 5.41) is 5.00. The van der Waals surface area contributed by atoms with Crippen molar-refractivity contribution in [1.82, 2.24) is 24.9 Å². The lowest BCUT2D eigenvalue weighted by molar-refractivity contribution is -0.188. The molecule has 4 unspecified atom stereocenters. The van der Waals surface area contributed by atoms with E-state index in [1.165, 1.54) is 15.0 Å². The smallest absolute Gasteiger partial charge is 0.331 e. The first-order valence-electron chi connectivity index (χ1n) is 17.8. The Morgan fingerprint density at radius 1 is 0.654 bits per heavy atom. The van der Waals surface area contributed by atoms with E-state index in [9.17, 15) is 38.4 Å². The van der Waals surface area contributed by atoms with Gasteiger partial charge < -0.3 is 15.2 Å². The molecule has 0 bridgehead atoms. The van der Waals surface area contributed by atoms with Crippen molar-refractivity contribution in [3.8, 4) is 0 Å². The number of hydrazine groups is 2. The third kappa shape index (κ3) is 7.81. The maximum atomic E-state index is 13.6. The predicted molar refractivity (Wildman–Crippen MR) is 182 cm³/mol. The predicted octanol–water partition coefficient (Wildman–Crippen LogP) is 1.71. The fourth-order valence-electron chi connectivity index (χ4n) is 6.97. The minimum atomic E-state index is -1.16. The summed E-state index contributed by atoms with van der Waals surface area (Å²) in [4.78, 5) is 103. The van der Waals surface area contributed by atoms with Gasteiger partial charge in [-0.05, 0) is 92.2 Å². The highest BCUT2D eigenvalue weighted by Crippen LogP contribution is 2.32. The molecule has 6 rings (SSSR count). The van der Waals surface area contributed by atoms with Crippen LogP contribution >= 0.6 is 0 Å². The molecule has 0 radical (unpaired) electrons. The zero-order chi connectivity index (χ0) is 38.3. The highest BCUT2D eigenvalue weighted by atomic mass is 16.6. The summed E-state index contributed by atoms with van der Waals surface area (Å²) >= 11 is 0. The molecule has 16 heteroatoms. The van der Waals surface area contributed by atoms with Gasteiger partial charge in [0.05, 0.1) is 17.2 Å². The summed E-state index contributed by atoms with van der Waals surface area (Å²) in [6.45, 7) is 11.2. The Labute approximate surface area is 302 Å². The summed E-state index contributed by atoms with van der Waals surface area (Å²) in [5.41, 5.74) is 4.88. The molecule has 282 valence electrons. The molecule has 52 heavy (non-hydrogen) atoms. The summed E-state index contributed by atoms with van der Waals surface area (Å²) in [6, 6.07) is 2.72. The lowest BCUT2D eigenvalue weighted by Gasteiger charge is -2.43. The zero-order valence-corrected chi connectivity index (χ0v) is 30.6. The van der Waals surface area contributed by atoms with E-state index >= 15 is 0 Å². The van der Waals surface area contributed by atoms with Gasteiger partial charge >= 0.3 is 11.9 Å². The van der Waals surface area contributed by atoms with Gasteiger partial charge in [-0.1, -0.05) is 12.1 Å². The van der Waals surface area contributed by atoms with E-state index < -0.39 is 65.0 Å². The highest BCUT2D eigenvalue weighted by molar-refractivity contribution is 6.23. The number of carbonyl (C=O) groups is 8. The van der Waals surface area contributed by atoms with Crippen LogP contribution in [0.1, 0.15) is 114 Å². The van der Waals surface area contributed by atoms with Gasteiger partial charge in [0, 0.05) is 25.9 Å². The van der Waals surface area contributed by atoms with Crippen molar-refractivity contribution >= 4 is 47.4 Å². The second-order valence-corrected chi connectivity index (χ2v) is 15.5. The average molecular weight is 725 g/mol. The van der Waals surface area contributed by atoms with Gasteiger partial charge in [-0.15, -0.1) is 0 Å². The molecule has 2 N–H and O–H groups in total. The maximum absolute atomic E-state index is 13.6. The summed E-state index contributed by atoms with van der Waals surface area (Å²) in [7, 11) is 0. The van der Waals surface area contributed by atoms with Crippen LogP contribution in [0, 0.1) is 0 Å². The van der Waals surface area contributed by atoms with Crippen molar-refractivity contribution in [3.63, 3.8) is 0 Å². The van der Waals surface area contributed by atoms with Crippen LogP contribution in [0.5, 0.6) is 0 Å². The van der Waals surface area contributed by atoms with Gasteiger partial charge in [0.2, 0.25) is 11.8 Å². The summed E-state index contributed by atoms with van der Waals surface area (Å²) < 4.78 is 10.9. The number of carbonyl (C=O) groups excluding carboxylic acids is 8. The average Bonchev–Trinajstić information content (AvgIpc) is 3.17. The molecule has 16 nitrogen and oxygen atoms in total. The number of esters is 2. The Morgan fingerprint density at radius 2 is 1.08 bits per heavy atom. The molecule has 0 spiro atoms. The van der Waals surface area contributed by atoms with Crippen molar-refractivity contribution in [3.05, 3.63) is 35.4 Å². The third-order valence-electron chi connectivity index (χ3n) is 9.23. The van der Waals surface area contributed by atoms with Crippen molar-refractivity contribution < 1.29 is 47.8 Å². The molecule has 1 aromatic rings. The first-order valence-corrected chi connectivity index (χ1v) is 17.8. The Hall–Kier alpha value is -4.86. The van der Waals surface area contributed by atoms with Crippen LogP contribution in [0.3, 0.4) is 0 Å². The lowest BCUT2D eigenvalue weighted by atomic mass is 10.1. The van der Waals surface area contributed by atoms with Gasteiger partial charge in [0.15, 0.2) is 12.1 Å². The highest BCUT2D eigenvalue weighted by Gasteiger charge is 2.51. The molecule has 5 aliphatic heterocycles. The van der Waals surface area contributed by atoms with E-state index in [0.717, 1.165) is 9.91 Å². The zero-order valence-electron chi connectivity index (χ0n) is 30.6. The van der Waals surface area contributed by atoms with E-state index in [-0.39, 0.29) is 48.1 Å². The standard InChI is InChI=1S/C22H25N3O6.C14H23N3O4/c1-22(2,3)31-21(30)16-9-6-12-23-17(26)11-10-15(20(29)25(16)23)24-18(27)13-7-4-5-8-14(13)19(24)28;1-14(2,3)21-13(20)10-5-4-8-16-11(18)7-6-9(15)12(19)17(10)16/h4-5,7-8,15-16H,6,9-12H2,1-3H3;9-10H,4-8,15H2,1-3H3. The Balaban J connectivity index is 0.000000217. The summed E-state index contributed by atoms with van der Waals surface area (Å²) in [5.74, 6) is -3.70. The largest absolute Gasteiger partial charge is 0.458 e. The second kappa shape index (κ2) is 14.6. The fraction of sp³-hybridized carbons (Fsp3) is 0.611. The van der Waals surface area contributed by atoms with Crippen molar-refractivity contribution in [1.29, 1.82) is 0 Å². The number of ether oxygens (including phenoxy) is 2. The topological polar surface area (TPSA) is 197 Å². The maximum Gasteiger partial charge on any atom is 0.331 e.